The third-order valence-electron chi connectivity index (χ3n) is 2.64. The Kier molecular flexibility index (Phi) is 4.72. The molecular weight excluding hydrogens is 395 g/mol. The SMILES string of the molecule is O=[N+]([O-])c1cc(NCc2ccc(F)cc2Br)ccc1Br. The first-order chi connectivity index (χ1) is 9.47. The van der Waals surface area contributed by atoms with E-state index in [0.29, 0.717) is 21.2 Å². The number of nitrogens with zero attached hydrogens (tertiary/aromatic N) is 1. The molecule has 0 fully saturated rings. The number of nitrogens with one attached hydrogen (secondary N) is 1. The summed E-state index contributed by atoms with van der Waals surface area (Å²) in [6, 6.07) is 9.18. The van der Waals surface area contributed by atoms with E-state index in [1.807, 2.05) is 0 Å². The lowest BCUT2D eigenvalue weighted by Gasteiger charge is -2.08. The summed E-state index contributed by atoms with van der Waals surface area (Å²) in [6.45, 7) is 0.430. The van der Waals surface area contributed by atoms with Gasteiger partial charge in [0, 0.05) is 22.8 Å². The van der Waals surface area contributed by atoms with Crippen LogP contribution in [0.25, 0.3) is 0 Å². The van der Waals surface area contributed by atoms with Gasteiger partial charge in [0.15, 0.2) is 0 Å². The summed E-state index contributed by atoms with van der Waals surface area (Å²) in [6.07, 6.45) is 0. The van der Waals surface area contributed by atoms with Crippen LogP contribution in [0, 0.1) is 15.9 Å². The number of halogens is 3. The minimum absolute atomic E-state index is 0.00632. The predicted molar refractivity (Wildman–Crippen MR) is 82.2 cm³/mol. The maximum absolute atomic E-state index is 13.0. The van der Waals surface area contributed by atoms with Gasteiger partial charge in [-0.15, -0.1) is 0 Å². The number of rotatable bonds is 4. The standard InChI is InChI=1S/C13H9Br2FN2O2/c14-11-4-3-10(6-13(11)18(19)20)17-7-8-1-2-9(16)5-12(8)15/h1-6,17H,7H2. The summed E-state index contributed by atoms with van der Waals surface area (Å²) < 4.78 is 14.0. The van der Waals surface area contributed by atoms with Crippen LogP contribution in [0.2, 0.25) is 0 Å². The van der Waals surface area contributed by atoms with Crippen LogP contribution in [0.1, 0.15) is 5.56 Å². The molecule has 2 aromatic carbocycles. The molecule has 0 unspecified atom stereocenters. The Labute approximate surface area is 131 Å². The van der Waals surface area contributed by atoms with E-state index in [1.54, 1.807) is 18.2 Å². The van der Waals surface area contributed by atoms with Crippen LogP contribution >= 0.6 is 31.9 Å². The zero-order valence-electron chi connectivity index (χ0n) is 10.1. The maximum Gasteiger partial charge on any atom is 0.285 e. The number of nitro groups is 1. The molecule has 104 valence electrons. The minimum atomic E-state index is -0.455. The van der Waals surface area contributed by atoms with Crippen molar-refractivity contribution in [3.05, 3.63) is 66.8 Å². The van der Waals surface area contributed by atoms with E-state index >= 15 is 0 Å². The summed E-state index contributed by atoms with van der Waals surface area (Å²) in [5.41, 5.74) is 1.47. The zero-order valence-corrected chi connectivity index (χ0v) is 13.2. The van der Waals surface area contributed by atoms with Crippen LogP contribution in [0.5, 0.6) is 0 Å². The highest BCUT2D eigenvalue weighted by atomic mass is 79.9. The monoisotopic (exact) mass is 402 g/mol. The number of hydrogen-bond donors (Lipinski definition) is 1. The van der Waals surface area contributed by atoms with Crippen molar-refractivity contribution in [2.45, 2.75) is 6.54 Å². The molecule has 0 spiro atoms. The van der Waals surface area contributed by atoms with Crippen molar-refractivity contribution in [1.29, 1.82) is 0 Å². The molecule has 0 amide bonds. The van der Waals surface area contributed by atoms with E-state index in [1.165, 1.54) is 18.2 Å². The van der Waals surface area contributed by atoms with Crippen molar-refractivity contribution < 1.29 is 9.31 Å². The molecule has 4 nitrogen and oxygen atoms in total. The van der Waals surface area contributed by atoms with Gasteiger partial charge in [-0.2, -0.15) is 0 Å². The number of benzene rings is 2. The molecular formula is C13H9Br2FN2O2. The van der Waals surface area contributed by atoms with E-state index in [9.17, 15) is 14.5 Å². The summed E-state index contributed by atoms with van der Waals surface area (Å²) in [4.78, 5) is 10.4. The fourth-order valence-corrected chi connectivity index (χ4v) is 2.51. The van der Waals surface area contributed by atoms with Crippen LogP contribution in [-0.2, 0) is 6.54 Å². The van der Waals surface area contributed by atoms with Crippen molar-refractivity contribution in [3.8, 4) is 0 Å². The number of nitro benzene ring substituents is 1. The molecule has 20 heavy (non-hydrogen) atoms. The second-order valence-corrected chi connectivity index (χ2v) is 5.72. The van der Waals surface area contributed by atoms with Gasteiger partial charge in [0.05, 0.1) is 9.40 Å². The molecule has 2 aromatic rings. The van der Waals surface area contributed by atoms with Gasteiger partial charge in [-0.1, -0.05) is 22.0 Å². The van der Waals surface area contributed by atoms with Crippen molar-refractivity contribution >= 4 is 43.2 Å². The predicted octanol–water partition coefficient (Wildman–Crippen LogP) is 4.87. The van der Waals surface area contributed by atoms with Crippen molar-refractivity contribution in [2.24, 2.45) is 0 Å². The molecule has 0 saturated carbocycles. The normalized spacial score (nSPS) is 10.3. The Morgan fingerprint density at radius 2 is 1.90 bits per heavy atom. The summed E-state index contributed by atoms with van der Waals surface area (Å²) in [7, 11) is 0. The second-order valence-electron chi connectivity index (χ2n) is 4.01. The van der Waals surface area contributed by atoms with Gasteiger partial charge in [-0.05, 0) is 45.8 Å². The molecule has 0 aliphatic rings. The fourth-order valence-electron chi connectivity index (χ4n) is 1.62. The van der Waals surface area contributed by atoms with Crippen LogP contribution < -0.4 is 5.32 Å². The summed E-state index contributed by atoms with van der Waals surface area (Å²) >= 11 is 6.40. The van der Waals surface area contributed by atoms with Crippen LogP contribution in [-0.4, -0.2) is 4.92 Å². The average Bonchev–Trinajstić information content (AvgIpc) is 2.39. The smallest absolute Gasteiger partial charge is 0.285 e. The average molecular weight is 404 g/mol. The summed E-state index contributed by atoms with van der Waals surface area (Å²) in [5.74, 6) is -0.320. The van der Waals surface area contributed by atoms with E-state index in [4.69, 9.17) is 0 Å². The molecule has 0 heterocycles. The van der Waals surface area contributed by atoms with Gasteiger partial charge in [0.25, 0.3) is 5.69 Å². The first-order valence-corrected chi connectivity index (χ1v) is 7.17. The highest BCUT2D eigenvalue weighted by Gasteiger charge is 2.12. The third kappa shape index (κ3) is 3.55. The molecule has 0 aliphatic heterocycles. The van der Waals surface area contributed by atoms with Crippen LogP contribution in [0.4, 0.5) is 15.8 Å². The molecule has 1 N–H and O–H groups in total. The van der Waals surface area contributed by atoms with Gasteiger partial charge in [-0.3, -0.25) is 10.1 Å². The van der Waals surface area contributed by atoms with E-state index in [2.05, 4.69) is 37.2 Å². The van der Waals surface area contributed by atoms with Crippen molar-refractivity contribution in [1.82, 2.24) is 0 Å². The van der Waals surface area contributed by atoms with Gasteiger partial charge in [0.1, 0.15) is 5.82 Å². The Bertz CT molecular complexity index is 665. The Morgan fingerprint density at radius 3 is 2.55 bits per heavy atom. The zero-order chi connectivity index (χ0) is 14.7. The molecule has 0 saturated heterocycles. The fraction of sp³-hybridized carbons (Fsp3) is 0.0769. The van der Waals surface area contributed by atoms with Crippen molar-refractivity contribution in [3.63, 3.8) is 0 Å². The van der Waals surface area contributed by atoms with Crippen LogP contribution in [0.15, 0.2) is 45.3 Å². The number of anilines is 1. The molecule has 0 radical (unpaired) electrons. The maximum atomic E-state index is 13.0. The third-order valence-corrected chi connectivity index (χ3v) is 4.05. The molecule has 2 rings (SSSR count). The lowest BCUT2D eigenvalue weighted by molar-refractivity contribution is -0.385. The highest BCUT2D eigenvalue weighted by molar-refractivity contribution is 9.10. The molecule has 0 aromatic heterocycles. The van der Waals surface area contributed by atoms with E-state index in [0.717, 1.165) is 5.56 Å². The topological polar surface area (TPSA) is 55.2 Å². The molecule has 0 atom stereocenters. The highest BCUT2D eigenvalue weighted by Crippen LogP contribution is 2.28. The van der Waals surface area contributed by atoms with Gasteiger partial charge >= 0.3 is 0 Å². The molecule has 0 bridgehead atoms. The lowest BCUT2D eigenvalue weighted by Crippen LogP contribution is -2.01. The first kappa shape index (κ1) is 14.9. The Morgan fingerprint density at radius 1 is 1.15 bits per heavy atom. The minimum Gasteiger partial charge on any atom is -0.381 e. The largest absolute Gasteiger partial charge is 0.381 e. The Hall–Kier alpha value is -1.47. The van der Waals surface area contributed by atoms with Gasteiger partial charge < -0.3 is 5.32 Å². The lowest BCUT2D eigenvalue weighted by atomic mass is 10.2. The van der Waals surface area contributed by atoms with Gasteiger partial charge in [-0.25, -0.2) is 4.39 Å². The molecule has 7 heteroatoms. The van der Waals surface area contributed by atoms with Crippen molar-refractivity contribution in [2.75, 3.05) is 5.32 Å². The Balaban J connectivity index is 2.15. The number of hydrogen-bond acceptors (Lipinski definition) is 3. The van der Waals surface area contributed by atoms with E-state index in [-0.39, 0.29) is 11.5 Å². The molecule has 0 aliphatic carbocycles. The first-order valence-electron chi connectivity index (χ1n) is 5.59. The van der Waals surface area contributed by atoms with E-state index < -0.39 is 4.92 Å². The van der Waals surface area contributed by atoms with Gasteiger partial charge in [0.2, 0.25) is 0 Å². The van der Waals surface area contributed by atoms with Crippen LogP contribution in [0.3, 0.4) is 0 Å². The quantitative estimate of drug-likeness (QED) is 0.585. The summed E-state index contributed by atoms with van der Waals surface area (Å²) in [5, 5.41) is 13.9. The second kappa shape index (κ2) is 6.32.